The van der Waals surface area contributed by atoms with Gasteiger partial charge in [0.1, 0.15) is 36.1 Å². The van der Waals surface area contributed by atoms with Crippen LogP contribution in [0.3, 0.4) is 0 Å². The fourth-order valence-corrected chi connectivity index (χ4v) is 18.2. The maximum absolute atomic E-state index is 12.0. The summed E-state index contributed by atoms with van der Waals surface area (Å²) in [5.41, 5.74) is 12.2. The smallest absolute Gasteiger partial charge is 0.337 e. The lowest BCUT2D eigenvalue weighted by Gasteiger charge is -2.25. The maximum atomic E-state index is 12.0. The summed E-state index contributed by atoms with van der Waals surface area (Å²) in [6.45, 7) is 43.2. The molecule has 738 valence electrons. The number of hydrogen-bond donors (Lipinski definition) is 1. The van der Waals surface area contributed by atoms with E-state index in [1.807, 2.05) is 118 Å². The Bertz CT molecular complexity index is 5920. The van der Waals surface area contributed by atoms with Crippen LogP contribution in [0.25, 0.3) is 17.0 Å². The Balaban J connectivity index is 0.000000397. The number of aromatic nitrogens is 1. The van der Waals surface area contributed by atoms with Gasteiger partial charge in [0.15, 0.2) is 25.5 Å². The van der Waals surface area contributed by atoms with Crippen LogP contribution in [0.4, 0.5) is 5.69 Å². The van der Waals surface area contributed by atoms with E-state index >= 15 is 0 Å². The lowest BCUT2D eigenvalue weighted by atomic mass is 9.80. The third kappa shape index (κ3) is 39.8. The van der Waals surface area contributed by atoms with Crippen molar-refractivity contribution in [3.8, 4) is 17.2 Å². The Morgan fingerprint density at radius 1 is 0.540 bits per heavy atom. The molecule has 1 fully saturated rings. The number of nitro benzene ring substituents is 1. The Hall–Kier alpha value is -14.3. The number of sulfone groups is 2. The number of hydrogen-bond acceptors (Lipinski definition) is 21. The Morgan fingerprint density at radius 3 is 1.51 bits per heavy atom. The molecule has 9 aromatic rings. The number of esters is 5. The van der Waals surface area contributed by atoms with Gasteiger partial charge in [-0.3, -0.25) is 34.1 Å². The number of allylic oxidation sites excluding steroid dienone is 17. The molecule has 6 aliphatic carbocycles. The highest BCUT2D eigenvalue weighted by atomic mass is 32.2. The number of ketones is 1. The topological polar surface area (TPSA) is 303 Å². The highest BCUT2D eigenvalue weighted by Gasteiger charge is 2.47. The second kappa shape index (κ2) is 63.2. The first-order valence-corrected chi connectivity index (χ1v) is 48.8. The molecule has 8 aromatic carbocycles. The highest BCUT2D eigenvalue weighted by molar-refractivity contribution is 7.98. The highest BCUT2D eigenvalue weighted by Crippen LogP contribution is 2.51. The molecule has 7 atom stereocenters. The number of Topliss-reactive ketones (excluding diaryl/α,β-unsaturated/α-hetero) is 1. The summed E-state index contributed by atoms with van der Waals surface area (Å²) in [7, 11) is -0.494. The van der Waals surface area contributed by atoms with Gasteiger partial charge in [-0.15, -0.1) is 64.4 Å². The molecule has 16 rings (SSSR count). The predicted octanol–water partition coefficient (Wildman–Crippen LogP) is 24.8. The lowest BCUT2D eigenvalue weighted by molar-refractivity contribution is -0.387. The Morgan fingerprint density at radius 2 is 1.03 bits per heavy atom. The Kier molecular flexibility index (Phi) is 54.1. The van der Waals surface area contributed by atoms with E-state index in [9.17, 15) is 55.7 Å². The van der Waals surface area contributed by atoms with E-state index in [-0.39, 0.29) is 69.0 Å². The van der Waals surface area contributed by atoms with E-state index in [1.165, 1.54) is 97.1 Å². The van der Waals surface area contributed by atoms with E-state index in [0.717, 1.165) is 28.9 Å². The van der Waals surface area contributed by atoms with Gasteiger partial charge in [0.05, 0.1) is 71.2 Å². The monoisotopic (exact) mass is 1950 g/mol. The molecule has 1 N–H and O–H groups in total. The molecular formula is C114H134N2O20S3. The number of ether oxygens (including phenoxy) is 8. The molecule has 0 bridgehead atoms. The summed E-state index contributed by atoms with van der Waals surface area (Å²) >= 11 is 1.38. The molecule has 0 spiro atoms. The molecule has 7 aliphatic rings. The molecule has 0 saturated heterocycles. The average Bonchev–Trinajstić information content (AvgIpc) is 1.62. The number of H-pyrrole nitrogens is 1. The zero-order valence-electron chi connectivity index (χ0n) is 82.6. The van der Waals surface area contributed by atoms with Crippen molar-refractivity contribution < 1.29 is 88.4 Å². The van der Waals surface area contributed by atoms with Crippen LogP contribution in [0.2, 0.25) is 0 Å². The average molecular weight is 1950 g/mol. The molecular weight excluding hydrogens is 1810 g/mol. The summed E-state index contributed by atoms with van der Waals surface area (Å²) in [5, 5.41) is 11.2. The minimum absolute atomic E-state index is 0.106. The van der Waals surface area contributed by atoms with Gasteiger partial charge in [0, 0.05) is 85.3 Å². The van der Waals surface area contributed by atoms with Crippen molar-refractivity contribution in [1.29, 1.82) is 0 Å². The molecule has 2 heterocycles. The number of nitrogens with zero attached hydrogens (tertiary/aromatic N) is 1. The van der Waals surface area contributed by atoms with Crippen molar-refractivity contribution in [1.82, 2.24) is 4.98 Å². The van der Waals surface area contributed by atoms with Crippen molar-refractivity contribution in [3.63, 3.8) is 0 Å². The van der Waals surface area contributed by atoms with Crippen molar-refractivity contribution in [3.05, 3.63) is 427 Å². The van der Waals surface area contributed by atoms with Gasteiger partial charge in [-0.2, -0.15) is 0 Å². The zero-order valence-corrected chi connectivity index (χ0v) is 85.0. The zero-order chi connectivity index (χ0) is 104. The number of carbonyl (C=O) groups is 6. The van der Waals surface area contributed by atoms with Crippen LogP contribution in [0.1, 0.15) is 110 Å². The van der Waals surface area contributed by atoms with Crippen molar-refractivity contribution in [2.24, 2.45) is 41.4 Å². The lowest BCUT2D eigenvalue weighted by Crippen LogP contribution is -2.24. The van der Waals surface area contributed by atoms with E-state index in [1.54, 1.807) is 119 Å². The van der Waals surface area contributed by atoms with E-state index in [4.69, 9.17) is 28.4 Å². The second-order valence-corrected chi connectivity index (χ2v) is 36.4. The molecule has 1 aromatic heterocycles. The van der Waals surface area contributed by atoms with E-state index in [0.29, 0.717) is 64.1 Å². The number of nitrogens with one attached hydrogen (secondary N) is 1. The summed E-state index contributed by atoms with van der Waals surface area (Å²) in [5.74, 6) is 3.43. The molecule has 139 heavy (non-hydrogen) atoms. The van der Waals surface area contributed by atoms with Crippen LogP contribution in [0.5, 0.6) is 17.2 Å². The summed E-state index contributed by atoms with van der Waals surface area (Å²) < 4.78 is 87.1. The number of aryl methyl sites for hydroxylation is 3. The number of carbonyl (C=O) groups excluding carboxylic acids is 6. The summed E-state index contributed by atoms with van der Waals surface area (Å²) in [6, 6.07) is 63.6. The minimum atomic E-state index is -3.35. The fraction of sp³-hybridized carbons (Fsp3) is 0.263. The SMILES string of the molecule is C=C.C=C.C=C.C=C.CC(=O)OCC1=CC2C=CC=CC2S1(=O)=O.CC(=O)OCC1C2C=CC=CC2C2C=CC=CC21.CC(=O)OCCS(=O)(=O)c1ccc(C)cc1.CC(=O)c1ccccc1.CC1=CC2Cc3ccccc3C=C2C=C1.COC(=O)c1ccccc1.COc1cc(OC)cc(C(C)(C)OC(C)=O)c1.COc1ccccc1.CSc1ccccc1[N+](=O)[O-].Cc1[nH]c2ccccc2c1C. The molecule has 0 amide bonds. The standard InChI is InChI=1S/C16H18O2.C15H14.C13H18O4.C11H12O4S.C11H14O4S.C10H11N.C8H8O2.C8H8O.C7H7NO2S.C7H8O.4C2H4/c1-11(17)18-10-16-14-8-4-2-6-12(14)13-7-3-5-9-15(13)16;1-11-6-7-14-9-12-4-2-3-5-13(12)10-15(14)8-11;1-9(14)17-13(2,3)10-6-11(15-4)8-12(7-10)16-5;1-8(12)15-7-10-6-9-4-2-3-5-11(9)16(10,13)14;1-9-3-5-11(6-4-9)16(13,14)8-7-15-10(2)12;1-7-8(2)11-10-6-4-3-5-9(7)10;1-10-8(9)7-5-3-2-4-6-7;1-7(9)8-5-3-2-4-6-8;1-11-7-5-3-2-4-6(7)8(9)10;1-8-7-5-3-2-4-6-7;4*1-2/h2-9,12-16H,10H2,1H3;2-9,15H,10H2,1H3;6-8H,1-5H3;2-6,9,11H,7H2,1H3;3-6H,7-8H2,1-2H3;3-6,11H,1-2H3;2-6H,1H3;2-6H,1H3;2-5H,1H3;2-6H,1H3;4*1-2H2. The van der Waals surface area contributed by atoms with Gasteiger partial charge in [0.2, 0.25) is 0 Å². The first-order chi connectivity index (χ1) is 66.5. The number of rotatable bonds is 17. The molecule has 22 nitrogen and oxygen atoms in total. The fourth-order valence-electron chi connectivity index (χ4n) is 14.7. The number of para-hydroxylation sites is 3. The van der Waals surface area contributed by atoms with Crippen molar-refractivity contribution in [2.45, 2.75) is 103 Å². The van der Waals surface area contributed by atoms with Crippen LogP contribution in [0, 0.1) is 72.3 Å². The van der Waals surface area contributed by atoms with E-state index in [2.05, 4.69) is 209 Å². The van der Waals surface area contributed by atoms with Crippen LogP contribution in [0.15, 0.2) is 382 Å². The van der Waals surface area contributed by atoms with Crippen molar-refractivity contribution in [2.75, 3.05) is 60.3 Å². The minimum Gasteiger partial charge on any atom is -0.497 e. The van der Waals surface area contributed by atoms with Gasteiger partial charge in [-0.1, -0.05) is 248 Å². The first-order valence-electron chi connectivity index (χ1n) is 44.4. The largest absolute Gasteiger partial charge is 0.497 e. The normalized spacial score (nSPS) is 17.0. The van der Waals surface area contributed by atoms with Crippen LogP contribution >= 0.6 is 11.8 Å². The maximum Gasteiger partial charge on any atom is 0.337 e. The third-order valence-corrected chi connectivity index (χ3v) is 26.2. The van der Waals surface area contributed by atoms with Gasteiger partial charge in [0.25, 0.3) is 5.69 Å². The number of thioether (sulfide) groups is 1. The van der Waals surface area contributed by atoms with Gasteiger partial charge in [-0.05, 0) is 168 Å². The quantitative estimate of drug-likeness (QED) is 0.0168. The molecule has 1 aliphatic heterocycles. The number of benzene rings is 8. The van der Waals surface area contributed by atoms with Gasteiger partial charge in [-0.25, -0.2) is 21.6 Å². The number of aromatic amines is 1. The number of methoxy groups -OCH3 is 4. The van der Waals surface area contributed by atoms with Crippen molar-refractivity contribution >= 4 is 89.7 Å². The van der Waals surface area contributed by atoms with Crippen LogP contribution in [-0.2, 0) is 74.6 Å². The summed E-state index contributed by atoms with van der Waals surface area (Å²) in [4.78, 5) is 79.2. The molecule has 25 heteroatoms. The van der Waals surface area contributed by atoms with Gasteiger partial charge < -0.3 is 42.9 Å². The van der Waals surface area contributed by atoms with Crippen LogP contribution in [-0.4, -0.2) is 128 Å². The predicted molar refractivity (Wildman–Crippen MR) is 563 cm³/mol. The summed E-state index contributed by atoms with van der Waals surface area (Å²) in [6.07, 6.45) is 38.5. The Labute approximate surface area is 826 Å². The van der Waals surface area contributed by atoms with E-state index < -0.39 is 42.5 Å². The molecule has 7 unspecified atom stereocenters. The first kappa shape index (κ1) is 119. The number of nitro groups is 1. The number of fused-ring (bicyclic) bond motifs is 7. The van der Waals surface area contributed by atoms with Crippen LogP contribution < -0.4 is 14.2 Å². The second-order valence-electron chi connectivity index (χ2n) is 31.3. The third-order valence-electron chi connectivity index (χ3n) is 21.6. The molecule has 0 radical (unpaired) electrons. The van der Waals surface area contributed by atoms with Gasteiger partial charge >= 0.3 is 29.8 Å². The molecule has 1 saturated carbocycles.